The molecule has 19 heavy (non-hydrogen) atoms. The Hall–Kier alpha value is -1.87. The molecule has 0 atom stereocenters. The van der Waals surface area contributed by atoms with E-state index >= 15 is 0 Å². The molecule has 2 aromatic carbocycles. The van der Waals surface area contributed by atoms with Crippen molar-refractivity contribution in [1.82, 2.24) is 0 Å². The quantitative estimate of drug-likeness (QED) is 0.794. The van der Waals surface area contributed by atoms with E-state index in [2.05, 4.69) is 0 Å². The second-order valence-corrected chi connectivity index (χ2v) is 6.65. The van der Waals surface area contributed by atoms with Gasteiger partial charge in [-0.3, -0.25) is 4.79 Å². The zero-order chi connectivity index (χ0) is 13.7. The highest BCUT2D eigenvalue weighted by Gasteiger charge is 2.24. The van der Waals surface area contributed by atoms with Crippen LogP contribution in [0.4, 0.5) is 0 Å². The lowest BCUT2D eigenvalue weighted by molar-refractivity contribution is -0.137. The molecule has 0 spiro atoms. The minimum atomic E-state index is -1.49. The van der Waals surface area contributed by atoms with Gasteiger partial charge in [0.15, 0.2) is 0 Å². The molecule has 2 aromatic rings. The summed E-state index contributed by atoms with van der Waals surface area (Å²) in [4.78, 5) is 11.9. The third-order valence-electron chi connectivity index (χ3n) is 2.75. The van der Waals surface area contributed by atoms with Crippen LogP contribution in [0.15, 0.2) is 60.7 Å². The maximum absolute atomic E-state index is 11.9. The molecule has 0 amide bonds. The lowest BCUT2D eigenvalue weighted by Gasteiger charge is -2.17. The summed E-state index contributed by atoms with van der Waals surface area (Å²) in [6.07, 6.45) is 0. The average Bonchev–Trinajstić information content (AvgIpc) is 2.46. The van der Waals surface area contributed by atoms with Crippen LogP contribution in [-0.4, -0.2) is 15.0 Å². The van der Waals surface area contributed by atoms with E-state index in [-0.39, 0.29) is 11.9 Å². The Balaban J connectivity index is 2.32. The van der Waals surface area contributed by atoms with Crippen LogP contribution in [0.25, 0.3) is 0 Å². The minimum absolute atomic E-state index is 0.104. The first-order chi connectivity index (χ1) is 9.18. The molecule has 0 aromatic heterocycles. The van der Waals surface area contributed by atoms with E-state index < -0.39 is 9.04 Å². The van der Waals surface area contributed by atoms with Crippen LogP contribution < -0.4 is 10.4 Å². The van der Waals surface area contributed by atoms with E-state index in [9.17, 15) is 4.79 Å². The van der Waals surface area contributed by atoms with Gasteiger partial charge in [0.2, 0.25) is 0 Å². The third-order valence-corrected chi connectivity index (χ3v) is 4.87. The fourth-order valence-electron chi connectivity index (χ4n) is 1.68. The predicted molar refractivity (Wildman–Crippen MR) is 78.8 cm³/mol. The Morgan fingerprint density at radius 3 is 1.68 bits per heavy atom. The van der Waals surface area contributed by atoms with Gasteiger partial charge in [0.05, 0.1) is 0 Å². The van der Waals surface area contributed by atoms with Gasteiger partial charge in [-0.1, -0.05) is 74.5 Å². The monoisotopic (exact) mass is 269 g/mol. The molecule has 0 saturated carbocycles. The maximum atomic E-state index is 11.9. The Labute approximate surface area is 115 Å². The van der Waals surface area contributed by atoms with Gasteiger partial charge in [-0.2, -0.15) is 0 Å². The number of carbonyl (C=O) groups is 1. The second-order valence-electron chi connectivity index (χ2n) is 4.64. The largest absolute Gasteiger partial charge is 0.508 e. The molecule has 0 aliphatic carbocycles. The van der Waals surface area contributed by atoms with Crippen molar-refractivity contribution in [2.45, 2.75) is 13.8 Å². The summed E-state index contributed by atoms with van der Waals surface area (Å²) in [5, 5.41) is 2.18. The molecule has 3 heteroatoms. The first kappa shape index (κ1) is 13.6. The van der Waals surface area contributed by atoms with Crippen LogP contribution in [-0.2, 0) is 9.22 Å². The first-order valence-corrected chi connectivity index (χ1v) is 7.79. The van der Waals surface area contributed by atoms with E-state index in [0.717, 1.165) is 10.4 Å². The fourth-order valence-corrected chi connectivity index (χ4v) is 3.68. The van der Waals surface area contributed by atoms with Crippen molar-refractivity contribution in [3.8, 4) is 0 Å². The summed E-state index contributed by atoms with van der Waals surface area (Å²) in [6, 6.07) is 19.9. The number of benzene rings is 2. The fraction of sp³-hybridized carbons (Fsp3) is 0.188. The molecule has 0 fully saturated rings. The Morgan fingerprint density at radius 2 is 1.32 bits per heavy atom. The van der Waals surface area contributed by atoms with Crippen molar-refractivity contribution in [3.63, 3.8) is 0 Å². The minimum Gasteiger partial charge on any atom is -0.508 e. The van der Waals surface area contributed by atoms with Crippen LogP contribution in [0, 0.1) is 5.92 Å². The van der Waals surface area contributed by atoms with Crippen molar-refractivity contribution < 1.29 is 9.22 Å². The average molecular weight is 269 g/mol. The Bertz CT molecular complexity index is 483. The molecule has 2 rings (SSSR count). The molecule has 0 unspecified atom stereocenters. The van der Waals surface area contributed by atoms with Crippen LogP contribution in [0.1, 0.15) is 13.8 Å². The van der Waals surface area contributed by atoms with Gasteiger partial charge in [-0.15, -0.1) is 0 Å². The van der Waals surface area contributed by atoms with Crippen molar-refractivity contribution in [2.75, 3.05) is 0 Å². The lowest BCUT2D eigenvalue weighted by Crippen LogP contribution is -2.46. The zero-order valence-electron chi connectivity index (χ0n) is 11.2. The van der Waals surface area contributed by atoms with Crippen LogP contribution in [0.2, 0.25) is 0 Å². The zero-order valence-corrected chi connectivity index (χ0v) is 12.2. The summed E-state index contributed by atoms with van der Waals surface area (Å²) in [5.74, 6) is -0.242. The molecule has 0 bridgehead atoms. The van der Waals surface area contributed by atoms with E-state index in [1.807, 2.05) is 74.5 Å². The smallest absolute Gasteiger partial charge is 0.356 e. The third kappa shape index (κ3) is 3.55. The molecule has 0 saturated heterocycles. The molecule has 0 N–H and O–H groups in total. The molecule has 0 heterocycles. The van der Waals surface area contributed by atoms with E-state index in [1.54, 1.807) is 0 Å². The van der Waals surface area contributed by atoms with Crippen molar-refractivity contribution in [2.24, 2.45) is 5.92 Å². The number of rotatable bonds is 4. The molecule has 97 valence electrons. The predicted octanol–water partition coefficient (Wildman–Crippen LogP) is 1.99. The Kier molecular flexibility index (Phi) is 4.52. The van der Waals surface area contributed by atoms with Gasteiger partial charge < -0.3 is 4.43 Å². The van der Waals surface area contributed by atoms with E-state index in [1.165, 1.54) is 0 Å². The summed E-state index contributed by atoms with van der Waals surface area (Å²) in [7, 11) is -1.49. The normalized spacial score (nSPS) is 10.7. The summed E-state index contributed by atoms with van der Waals surface area (Å²) >= 11 is 0. The number of carbonyl (C=O) groups excluding carboxylic acids is 1. The van der Waals surface area contributed by atoms with E-state index in [4.69, 9.17) is 4.43 Å². The van der Waals surface area contributed by atoms with Gasteiger partial charge >= 0.3 is 9.04 Å². The van der Waals surface area contributed by atoms with Crippen molar-refractivity contribution >= 4 is 25.4 Å². The van der Waals surface area contributed by atoms with E-state index in [0.29, 0.717) is 0 Å². The molecule has 2 nitrogen and oxygen atoms in total. The first-order valence-electron chi connectivity index (χ1n) is 6.38. The van der Waals surface area contributed by atoms with Gasteiger partial charge in [0.25, 0.3) is 5.97 Å². The van der Waals surface area contributed by atoms with Gasteiger partial charge in [-0.25, -0.2) is 0 Å². The summed E-state index contributed by atoms with van der Waals surface area (Å²) in [6.45, 7) is 3.72. The van der Waals surface area contributed by atoms with Gasteiger partial charge in [-0.05, 0) is 10.4 Å². The topological polar surface area (TPSA) is 26.3 Å². The molecule has 0 aliphatic heterocycles. The number of hydrogen-bond donors (Lipinski definition) is 0. The SMILES string of the molecule is CC(C)C(=O)O[Si](c1ccccc1)c1ccccc1. The van der Waals surface area contributed by atoms with Crippen molar-refractivity contribution in [1.29, 1.82) is 0 Å². The highest BCUT2D eigenvalue weighted by atomic mass is 28.3. The molecular formula is C16H17O2Si. The molecule has 1 radical (unpaired) electrons. The molecular weight excluding hydrogens is 252 g/mol. The lowest BCUT2D eigenvalue weighted by atomic mass is 10.2. The standard InChI is InChI=1S/C16H17O2Si/c1-13(2)16(17)18-19(14-9-5-3-6-10-14)15-11-7-4-8-12-15/h3-13H,1-2H3. The second kappa shape index (κ2) is 6.34. The van der Waals surface area contributed by atoms with Gasteiger partial charge in [0.1, 0.15) is 0 Å². The van der Waals surface area contributed by atoms with Gasteiger partial charge in [0, 0.05) is 5.92 Å². The summed E-state index contributed by atoms with van der Waals surface area (Å²) in [5.41, 5.74) is 0. The van der Waals surface area contributed by atoms with Crippen molar-refractivity contribution in [3.05, 3.63) is 60.7 Å². The van der Waals surface area contributed by atoms with Crippen LogP contribution in [0.3, 0.4) is 0 Å². The molecule has 0 aliphatic rings. The Morgan fingerprint density at radius 1 is 0.895 bits per heavy atom. The van der Waals surface area contributed by atoms with Crippen LogP contribution >= 0.6 is 0 Å². The highest BCUT2D eigenvalue weighted by Crippen LogP contribution is 2.01. The summed E-state index contributed by atoms with van der Waals surface area (Å²) < 4.78 is 5.75. The highest BCUT2D eigenvalue weighted by molar-refractivity contribution is 6.81. The van der Waals surface area contributed by atoms with Crippen LogP contribution in [0.5, 0.6) is 0 Å². The number of hydrogen-bond acceptors (Lipinski definition) is 2. The maximum Gasteiger partial charge on any atom is 0.356 e.